The Morgan fingerprint density at radius 3 is 2.85 bits per heavy atom. The molecule has 0 saturated heterocycles. The van der Waals surface area contributed by atoms with Crippen molar-refractivity contribution in [3.05, 3.63) is 39.1 Å². The summed E-state index contributed by atoms with van der Waals surface area (Å²) in [5.41, 5.74) is 4.90. The Kier molecular flexibility index (Phi) is 3.26. The van der Waals surface area contributed by atoms with Gasteiger partial charge in [-0.25, -0.2) is 4.98 Å². The van der Waals surface area contributed by atoms with Crippen molar-refractivity contribution >= 4 is 11.3 Å². The monoisotopic (exact) mass is 290 g/mol. The molecule has 2 aromatic heterocycles. The molecule has 0 bridgehead atoms. The van der Waals surface area contributed by atoms with Gasteiger partial charge in [-0.15, -0.1) is 11.3 Å². The van der Waals surface area contributed by atoms with Crippen molar-refractivity contribution in [1.82, 2.24) is 9.55 Å². The van der Waals surface area contributed by atoms with Crippen LogP contribution in [0, 0.1) is 19.3 Å². The highest BCUT2D eigenvalue weighted by atomic mass is 32.1. The molecule has 4 heteroatoms. The van der Waals surface area contributed by atoms with Crippen LogP contribution < -0.4 is 0 Å². The van der Waals surface area contributed by atoms with E-state index in [1.807, 2.05) is 6.92 Å². The van der Waals surface area contributed by atoms with Crippen LogP contribution in [0.4, 0.5) is 0 Å². The second kappa shape index (κ2) is 4.71. The molecule has 1 aliphatic carbocycles. The Hall–Kier alpha value is -1.13. The third kappa shape index (κ3) is 2.42. The lowest BCUT2D eigenvalue weighted by Crippen LogP contribution is -2.27. The van der Waals surface area contributed by atoms with Crippen molar-refractivity contribution in [1.29, 1.82) is 0 Å². The molecule has 3 nitrogen and oxygen atoms in total. The zero-order valence-electron chi connectivity index (χ0n) is 12.6. The molecule has 108 valence electrons. The summed E-state index contributed by atoms with van der Waals surface area (Å²) in [5, 5.41) is 13.6. The number of aryl methyl sites for hydroxylation is 2. The second-order valence-corrected chi connectivity index (χ2v) is 7.75. The number of hydrogen-bond donors (Lipinski definition) is 1. The molecular weight excluding hydrogens is 268 g/mol. The Balaban J connectivity index is 2.00. The minimum Gasteiger partial charge on any atom is -0.388 e. The maximum atomic E-state index is 10.4. The lowest BCUT2D eigenvalue weighted by Gasteiger charge is -2.34. The molecule has 0 radical (unpaired) electrons. The summed E-state index contributed by atoms with van der Waals surface area (Å²) in [5.74, 6) is 0. The second-order valence-electron chi connectivity index (χ2n) is 6.69. The highest BCUT2D eigenvalue weighted by molar-refractivity contribution is 7.09. The predicted octanol–water partition coefficient (Wildman–Crippen LogP) is 3.62. The largest absolute Gasteiger partial charge is 0.388 e. The van der Waals surface area contributed by atoms with Gasteiger partial charge in [-0.1, -0.05) is 13.8 Å². The van der Waals surface area contributed by atoms with Crippen molar-refractivity contribution in [3.8, 4) is 0 Å². The van der Waals surface area contributed by atoms with Gasteiger partial charge in [-0.2, -0.15) is 0 Å². The average Bonchev–Trinajstić information content (AvgIpc) is 2.86. The maximum Gasteiger partial charge on any atom is 0.0898 e. The summed E-state index contributed by atoms with van der Waals surface area (Å²) in [7, 11) is 0. The molecule has 1 N–H and O–H groups in total. The van der Waals surface area contributed by atoms with Gasteiger partial charge in [0.25, 0.3) is 0 Å². The lowest BCUT2D eigenvalue weighted by molar-refractivity contribution is 0.0981. The van der Waals surface area contributed by atoms with Crippen LogP contribution in [0.3, 0.4) is 0 Å². The topological polar surface area (TPSA) is 38.0 Å². The van der Waals surface area contributed by atoms with E-state index in [1.165, 1.54) is 11.4 Å². The normalized spacial score (nSPS) is 20.9. The van der Waals surface area contributed by atoms with E-state index >= 15 is 0 Å². The minimum absolute atomic E-state index is 0.160. The molecule has 20 heavy (non-hydrogen) atoms. The van der Waals surface area contributed by atoms with E-state index in [2.05, 4.69) is 41.8 Å². The summed E-state index contributed by atoms with van der Waals surface area (Å²) in [4.78, 5) is 4.57. The maximum absolute atomic E-state index is 10.4. The van der Waals surface area contributed by atoms with Crippen LogP contribution in [0.25, 0.3) is 0 Å². The van der Waals surface area contributed by atoms with E-state index in [0.29, 0.717) is 0 Å². The van der Waals surface area contributed by atoms with Gasteiger partial charge in [-0.3, -0.25) is 0 Å². The SMILES string of the molecule is Cc1nc(Cn2c(C)cc3c2CC(C)(C)CC3O)cs1. The molecule has 2 heterocycles. The summed E-state index contributed by atoms with van der Waals surface area (Å²) >= 11 is 1.70. The number of hydrogen-bond acceptors (Lipinski definition) is 3. The van der Waals surface area contributed by atoms with Gasteiger partial charge in [0.2, 0.25) is 0 Å². The molecular formula is C16H22N2OS. The van der Waals surface area contributed by atoms with Gasteiger partial charge >= 0.3 is 0 Å². The molecule has 1 aliphatic rings. The van der Waals surface area contributed by atoms with E-state index in [0.717, 1.165) is 35.7 Å². The average molecular weight is 290 g/mol. The lowest BCUT2D eigenvalue weighted by atomic mass is 9.75. The van der Waals surface area contributed by atoms with Gasteiger partial charge < -0.3 is 9.67 Å². The first-order chi connectivity index (χ1) is 9.35. The first-order valence-corrected chi connectivity index (χ1v) is 8.02. The van der Waals surface area contributed by atoms with Crippen molar-refractivity contribution < 1.29 is 5.11 Å². The number of rotatable bonds is 2. The fraction of sp³-hybridized carbons (Fsp3) is 0.562. The quantitative estimate of drug-likeness (QED) is 0.917. The van der Waals surface area contributed by atoms with E-state index in [-0.39, 0.29) is 11.5 Å². The number of fused-ring (bicyclic) bond motifs is 1. The van der Waals surface area contributed by atoms with Crippen molar-refractivity contribution in [2.75, 3.05) is 0 Å². The van der Waals surface area contributed by atoms with Crippen LogP contribution >= 0.6 is 11.3 Å². The third-order valence-electron chi connectivity index (χ3n) is 4.19. The molecule has 1 atom stereocenters. The highest BCUT2D eigenvalue weighted by Gasteiger charge is 2.34. The molecule has 0 aromatic carbocycles. The number of aromatic nitrogens is 2. The molecule has 3 rings (SSSR count). The van der Waals surface area contributed by atoms with Gasteiger partial charge in [-0.05, 0) is 38.2 Å². The van der Waals surface area contributed by atoms with Crippen LogP contribution in [0.2, 0.25) is 0 Å². The van der Waals surface area contributed by atoms with E-state index in [4.69, 9.17) is 0 Å². The Morgan fingerprint density at radius 1 is 1.45 bits per heavy atom. The molecule has 0 fully saturated rings. The van der Waals surface area contributed by atoms with Gasteiger partial charge in [0.15, 0.2) is 0 Å². The molecule has 1 unspecified atom stereocenters. The number of nitrogens with zero attached hydrogens (tertiary/aromatic N) is 2. The van der Waals surface area contributed by atoms with Crippen LogP contribution in [0.15, 0.2) is 11.4 Å². The van der Waals surface area contributed by atoms with Crippen molar-refractivity contribution in [2.45, 2.75) is 53.2 Å². The van der Waals surface area contributed by atoms with Crippen molar-refractivity contribution in [3.63, 3.8) is 0 Å². The first kappa shape index (κ1) is 13.8. The fourth-order valence-electron chi connectivity index (χ4n) is 3.26. The summed E-state index contributed by atoms with van der Waals surface area (Å²) < 4.78 is 2.33. The minimum atomic E-state index is -0.328. The van der Waals surface area contributed by atoms with E-state index in [1.54, 1.807) is 11.3 Å². The van der Waals surface area contributed by atoms with Crippen LogP contribution in [-0.2, 0) is 13.0 Å². The smallest absolute Gasteiger partial charge is 0.0898 e. The Morgan fingerprint density at radius 2 is 2.20 bits per heavy atom. The number of aliphatic hydroxyl groups excluding tert-OH is 1. The fourth-order valence-corrected chi connectivity index (χ4v) is 3.87. The van der Waals surface area contributed by atoms with Crippen LogP contribution in [0.5, 0.6) is 0 Å². The third-order valence-corrected chi connectivity index (χ3v) is 5.01. The van der Waals surface area contributed by atoms with Crippen LogP contribution in [-0.4, -0.2) is 14.7 Å². The number of thiazole rings is 1. The predicted molar refractivity (Wildman–Crippen MR) is 82.2 cm³/mol. The summed E-state index contributed by atoms with van der Waals surface area (Å²) in [6.45, 7) is 9.45. The summed E-state index contributed by atoms with van der Waals surface area (Å²) in [6, 6.07) is 2.15. The highest BCUT2D eigenvalue weighted by Crippen LogP contribution is 2.42. The standard InChI is InChI=1S/C16H22N2OS/c1-10-5-13-14(6-16(3,4)7-15(13)19)18(10)8-12-9-20-11(2)17-12/h5,9,15,19H,6-8H2,1-4H3. The van der Waals surface area contributed by atoms with Gasteiger partial charge in [0.05, 0.1) is 23.4 Å². The zero-order chi connectivity index (χ0) is 14.5. The molecule has 0 spiro atoms. The number of aliphatic hydroxyl groups is 1. The zero-order valence-corrected chi connectivity index (χ0v) is 13.4. The molecule has 2 aromatic rings. The van der Waals surface area contributed by atoms with Crippen LogP contribution in [0.1, 0.15) is 54.0 Å². The molecule has 0 aliphatic heterocycles. The Bertz CT molecular complexity index is 639. The van der Waals surface area contributed by atoms with E-state index < -0.39 is 0 Å². The first-order valence-electron chi connectivity index (χ1n) is 7.14. The van der Waals surface area contributed by atoms with Crippen molar-refractivity contribution in [2.24, 2.45) is 5.41 Å². The summed E-state index contributed by atoms with van der Waals surface area (Å²) in [6.07, 6.45) is 1.54. The van der Waals surface area contributed by atoms with E-state index in [9.17, 15) is 5.11 Å². The molecule has 0 amide bonds. The Labute approximate surface area is 124 Å². The van der Waals surface area contributed by atoms with Gasteiger partial charge in [0.1, 0.15) is 0 Å². The molecule has 0 saturated carbocycles. The van der Waals surface area contributed by atoms with Gasteiger partial charge in [0, 0.05) is 22.3 Å².